The van der Waals surface area contributed by atoms with E-state index in [1.807, 2.05) is 0 Å². The summed E-state index contributed by atoms with van der Waals surface area (Å²) in [4.78, 5) is 2.51. The minimum atomic E-state index is 0.154. The zero-order valence-corrected chi connectivity index (χ0v) is 9.73. The molecule has 2 fully saturated rings. The molecule has 2 nitrogen and oxygen atoms in total. The van der Waals surface area contributed by atoms with Crippen LogP contribution in [-0.4, -0.2) is 30.1 Å². The van der Waals surface area contributed by atoms with E-state index in [9.17, 15) is 0 Å². The van der Waals surface area contributed by atoms with E-state index in [1.54, 1.807) is 0 Å². The predicted octanol–water partition coefficient (Wildman–Crippen LogP) is 1.97. The second-order valence-electron chi connectivity index (χ2n) is 5.52. The molecule has 86 valence electrons. The number of nitrogens with two attached hydrogens (primary N) is 1. The molecule has 2 heteroatoms. The van der Waals surface area contributed by atoms with Crippen molar-refractivity contribution in [3.05, 3.63) is 35.9 Å². The molecule has 16 heavy (non-hydrogen) atoms. The summed E-state index contributed by atoms with van der Waals surface area (Å²) in [6.07, 6.45) is 3.77. The summed E-state index contributed by atoms with van der Waals surface area (Å²) >= 11 is 0. The first-order valence-corrected chi connectivity index (χ1v) is 6.31. The molecule has 0 atom stereocenters. The molecule has 1 aliphatic carbocycles. The average Bonchev–Trinajstić information content (AvgIpc) is 2.21. The lowest BCUT2D eigenvalue weighted by Gasteiger charge is -2.48. The fourth-order valence-corrected chi connectivity index (χ4v) is 2.87. The van der Waals surface area contributed by atoms with Gasteiger partial charge in [-0.3, -0.25) is 0 Å². The second kappa shape index (κ2) is 3.86. The summed E-state index contributed by atoms with van der Waals surface area (Å²) in [5.41, 5.74) is 7.89. The van der Waals surface area contributed by atoms with Crippen LogP contribution in [0.25, 0.3) is 0 Å². The molecule has 0 radical (unpaired) electrons. The Kier molecular flexibility index (Phi) is 2.49. The molecule has 0 unspecified atom stereocenters. The minimum Gasteiger partial charge on any atom is -0.324 e. The van der Waals surface area contributed by atoms with Crippen molar-refractivity contribution in [1.82, 2.24) is 4.90 Å². The van der Waals surface area contributed by atoms with Crippen LogP contribution in [0.5, 0.6) is 0 Å². The smallest absolute Gasteiger partial charge is 0.0283 e. The number of likely N-dealkylation sites (tertiary alicyclic amines) is 1. The van der Waals surface area contributed by atoms with Gasteiger partial charge < -0.3 is 10.6 Å². The molecular formula is C14H20N2. The largest absolute Gasteiger partial charge is 0.324 e. The number of benzene rings is 1. The summed E-state index contributed by atoms with van der Waals surface area (Å²) in [5, 5.41) is 0. The molecule has 3 rings (SSSR count). The van der Waals surface area contributed by atoms with Gasteiger partial charge in [0.1, 0.15) is 0 Å². The number of hydrogen-bond donors (Lipinski definition) is 1. The van der Waals surface area contributed by atoms with E-state index in [2.05, 4.69) is 35.2 Å². The Hall–Kier alpha value is -0.860. The Labute approximate surface area is 97.4 Å². The monoisotopic (exact) mass is 216 g/mol. The first-order chi connectivity index (χ1) is 7.75. The number of nitrogens with zero attached hydrogens (tertiary/aromatic N) is 1. The predicted molar refractivity (Wildman–Crippen MR) is 66.4 cm³/mol. The van der Waals surface area contributed by atoms with Gasteiger partial charge in [-0.2, -0.15) is 0 Å². The second-order valence-corrected chi connectivity index (χ2v) is 5.52. The Bertz CT molecular complexity index is 350. The van der Waals surface area contributed by atoms with Gasteiger partial charge in [0.05, 0.1) is 0 Å². The topological polar surface area (TPSA) is 29.3 Å². The van der Waals surface area contributed by atoms with E-state index in [0.717, 1.165) is 12.5 Å². The van der Waals surface area contributed by atoms with Crippen molar-refractivity contribution >= 4 is 0 Å². The van der Waals surface area contributed by atoms with Crippen LogP contribution in [0.2, 0.25) is 0 Å². The summed E-state index contributed by atoms with van der Waals surface area (Å²) in [6.45, 7) is 3.50. The van der Waals surface area contributed by atoms with Gasteiger partial charge in [-0.25, -0.2) is 0 Å². The third kappa shape index (κ3) is 1.87. The van der Waals surface area contributed by atoms with Crippen molar-refractivity contribution < 1.29 is 0 Å². The molecule has 1 aliphatic heterocycles. The van der Waals surface area contributed by atoms with Crippen LogP contribution < -0.4 is 5.73 Å². The lowest BCUT2D eigenvalue weighted by Crippen LogP contribution is -2.59. The van der Waals surface area contributed by atoms with Crippen LogP contribution in [0.3, 0.4) is 0 Å². The Morgan fingerprint density at radius 2 is 1.88 bits per heavy atom. The van der Waals surface area contributed by atoms with Crippen molar-refractivity contribution in [3.63, 3.8) is 0 Å². The summed E-state index contributed by atoms with van der Waals surface area (Å²) in [7, 11) is 0. The van der Waals surface area contributed by atoms with E-state index in [-0.39, 0.29) is 5.54 Å². The lowest BCUT2D eigenvalue weighted by molar-refractivity contribution is 0.0800. The van der Waals surface area contributed by atoms with E-state index >= 15 is 0 Å². The first-order valence-electron chi connectivity index (χ1n) is 6.31. The first kappa shape index (κ1) is 10.3. The highest BCUT2D eigenvalue weighted by Gasteiger charge is 2.38. The Balaban J connectivity index is 1.51. The van der Waals surface area contributed by atoms with Crippen LogP contribution in [0.15, 0.2) is 30.3 Å². The highest BCUT2D eigenvalue weighted by molar-refractivity contribution is 5.22. The Morgan fingerprint density at radius 3 is 2.44 bits per heavy atom. The lowest BCUT2D eigenvalue weighted by atomic mass is 9.76. The minimum absolute atomic E-state index is 0.154. The van der Waals surface area contributed by atoms with Gasteiger partial charge in [-0.05, 0) is 24.8 Å². The third-order valence-corrected chi connectivity index (χ3v) is 4.12. The fourth-order valence-electron chi connectivity index (χ4n) is 2.87. The number of rotatable bonds is 3. The Morgan fingerprint density at radius 1 is 1.19 bits per heavy atom. The van der Waals surface area contributed by atoms with Crippen molar-refractivity contribution in [2.75, 3.05) is 19.6 Å². The van der Waals surface area contributed by atoms with Gasteiger partial charge in [0.25, 0.3) is 0 Å². The SMILES string of the molecule is NC1(CN2CC(c3ccccc3)C2)CCC1. The van der Waals surface area contributed by atoms with Gasteiger partial charge in [0, 0.05) is 31.1 Å². The van der Waals surface area contributed by atoms with E-state index in [0.29, 0.717) is 0 Å². The molecular weight excluding hydrogens is 196 g/mol. The maximum absolute atomic E-state index is 6.26. The van der Waals surface area contributed by atoms with E-state index < -0.39 is 0 Å². The molecule has 2 aliphatic rings. The van der Waals surface area contributed by atoms with Gasteiger partial charge in [-0.1, -0.05) is 30.3 Å². The molecule has 0 bridgehead atoms. The normalized spacial score (nSPS) is 24.8. The third-order valence-electron chi connectivity index (χ3n) is 4.12. The zero-order valence-electron chi connectivity index (χ0n) is 9.73. The molecule has 1 aromatic rings. The van der Waals surface area contributed by atoms with Crippen molar-refractivity contribution in [2.24, 2.45) is 5.73 Å². The fraction of sp³-hybridized carbons (Fsp3) is 0.571. The van der Waals surface area contributed by atoms with Crippen molar-refractivity contribution in [1.29, 1.82) is 0 Å². The summed E-state index contributed by atoms with van der Waals surface area (Å²) < 4.78 is 0. The van der Waals surface area contributed by atoms with Crippen LogP contribution in [0, 0.1) is 0 Å². The van der Waals surface area contributed by atoms with E-state index in [4.69, 9.17) is 5.73 Å². The van der Waals surface area contributed by atoms with E-state index in [1.165, 1.54) is 37.9 Å². The zero-order chi connectivity index (χ0) is 11.0. The van der Waals surface area contributed by atoms with Gasteiger partial charge >= 0.3 is 0 Å². The van der Waals surface area contributed by atoms with Gasteiger partial charge in [0.15, 0.2) is 0 Å². The molecule has 0 aromatic heterocycles. The van der Waals surface area contributed by atoms with Crippen LogP contribution in [-0.2, 0) is 0 Å². The highest BCUT2D eigenvalue weighted by atomic mass is 15.2. The number of hydrogen-bond acceptors (Lipinski definition) is 2. The molecule has 1 heterocycles. The molecule has 1 saturated heterocycles. The summed E-state index contributed by atoms with van der Waals surface area (Å²) in [5.74, 6) is 0.741. The maximum Gasteiger partial charge on any atom is 0.0283 e. The van der Waals surface area contributed by atoms with Crippen LogP contribution in [0.1, 0.15) is 30.7 Å². The molecule has 0 amide bonds. The summed E-state index contributed by atoms with van der Waals surface area (Å²) in [6, 6.07) is 10.8. The highest BCUT2D eigenvalue weighted by Crippen LogP contribution is 2.34. The van der Waals surface area contributed by atoms with Gasteiger partial charge in [0.2, 0.25) is 0 Å². The average molecular weight is 216 g/mol. The maximum atomic E-state index is 6.26. The van der Waals surface area contributed by atoms with Crippen LogP contribution in [0.4, 0.5) is 0 Å². The molecule has 1 aromatic carbocycles. The molecule has 1 saturated carbocycles. The molecule has 0 spiro atoms. The van der Waals surface area contributed by atoms with Gasteiger partial charge in [-0.15, -0.1) is 0 Å². The van der Waals surface area contributed by atoms with Crippen LogP contribution >= 0.6 is 0 Å². The van der Waals surface area contributed by atoms with Crippen molar-refractivity contribution in [2.45, 2.75) is 30.7 Å². The molecule has 2 N–H and O–H groups in total. The van der Waals surface area contributed by atoms with Crippen molar-refractivity contribution in [3.8, 4) is 0 Å². The standard InChI is InChI=1S/C14H20N2/c15-14(7-4-8-14)11-16-9-13(10-16)12-5-2-1-3-6-12/h1-3,5-6,13H,4,7-11,15H2. The quantitative estimate of drug-likeness (QED) is 0.837.